The average molecular weight is 312 g/mol. The van der Waals surface area contributed by atoms with Gasteiger partial charge in [-0.15, -0.1) is 0 Å². The van der Waals surface area contributed by atoms with E-state index in [1.165, 1.54) is 11.1 Å². The lowest BCUT2D eigenvalue weighted by atomic mass is 9.88. The summed E-state index contributed by atoms with van der Waals surface area (Å²) in [6.07, 6.45) is 0.920. The number of rotatable bonds is 7. The number of alkyl halides is 1. The highest BCUT2D eigenvalue weighted by molar-refractivity contribution is 5.17. The highest BCUT2D eigenvalue weighted by Gasteiger charge is 2.35. The Morgan fingerprint density at radius 2 is 1.48 bits per heavy atom. The molecular weight excluding hydrogens is 287 g/mol. The van der Waals surface area contributed by atoms with E-state index in [0.717, 1.165) is 39.1 Å². The van der Waals surface area contributed by atoms with Gasteiger partial charge in [-0.1, -0.05) is 60.7 Å². The lowest BCUT2D eigenvalue weighted by Gasteiger charge is -2.33. The van der Waals surface area contributed by atoms with Crippen molar-refractivity contribution in [3.63, 3.8) is 0 Å². The first-order chi connectivity index (χ1) is 11.3. The molecule has 0 aromatic heterocycles. The van der Waals surface area contributed by atoms with E-state index in [4.69, 9.17) is 0 Å². The number of hydrogen-bond donors (Lipinski definition) is 1. The first kappa shape index (κ1) is 16.2. The Morgan fingerprint density at radius 3 is 1.91 bits per heavy atom. The summed E-state index contributed by atoms with van der Waals surface area (Å²) in [5.74, 6) is 0. The fourth-order valence-corrected chi connectivity index (χ4v) is 3.41. The van der Waals surface area contributed by atoms with Gasteiger partial charge in [-0.05, 0) is 24.1 Å². The summed E-state index contributed by atoms with van der Waals surface area (Å²) in [5.41, 5.74) is 2.33. The molecule has 3 rings (SSSR count). The summed E-state index contributed by atoms with van der Waals surface area (Å²) >= 11 is 0. The predicted octanol–water partition coefficient (Wildman–Crippen LogP) is 3.64. The van der Waals surface area contributed by atoms with Crippen LogP contribution >= 0.6 is 0 Å². The normalized spacial score (nSPS) is 21.0. The lowest BCUT2D eigenvalue weighted by molar-refractivity contribution is 0.121. The average Bonchev–Trinajstić information content (AvgIpc) is 3.06. The van der Waals surface area contributed by atoms with Crippen molar-refractivity contribution < 1.29 is 4.39 Å². The molecule has 0 amide bonds. The van der Waals surface area contributed by atoms with Crippen molar-refractivity contribution in [2.24, 2.45) is 5.41 Å². The van der Waals surface area contributed by atoms with Crippen molar-refractivity contribution in [2.45, 2.75) is 19.5 Å². The molecule has 1 aliphatic heterocycles. The second-order valence-corrected chi connectivity index (χ2v) is 6.68. The van der Waals surface area contributed by atoms with Crippen LogP contribution in [0.4, 0.5) is 4.39 Å². The summed E-state index contributed by atoms with van der Waals surface area (Å²) in [4.78, 5) is 2.39. The molecule has 0 bridgehead atoms. The molecule has 1 heterocycles. The van der Waals surface area contributed by atoms with Gasteiger partial charge in [0.05, 0.1) is 6.67 Å². The molecule has 0 aliphatic carbocycles. The summed E-state index contributed by atoms with van der Waals surface area (Å²) in [6.45, 7) is 3.97. The number of nitrogens with zero attached hydrogens (tertiary/aromatic N) is 1. The van der Waals surface area contributed by atoms with Gasteiger partial charge in [-0.2, -0.15) is 0 Å². The minimum absolute atomic E-state index is 0.233. The van der Waals surface area contributed by atoms with Crippen LogP contribution in [0.15, 0.2) is 60.7 Å². The highest BCUT2D eigenvalue weighted by Crippen LogP contribution is 2.28. The van der Waals surface area contributed by atoms with Crippen LogP contribution in [0, 0.1) is 5.41 Å². The van der Waals surface area contributed by atoms with Crippen LogP contribution in [0.1, 0.15) is 17.5 Å². The third kappa shape index (κ3) is 4.40. The van der Waals surface area contributed by atoms with Gasteiger partial charge >= 0.3 is 0 Å². The highest BCUT2D eigenvalue weighted by atomic mass is 19.1. The molecule has 122 valence electrons. The van der Waals surface area contributed by atoms with Crippen molar-refractivity contribution in [2.75, 3.05) is 26.3 Å². The van der Waals surface area contributed by atoms with Crippen molar-refractivity contribution in [3.05, 3.63) is 71.8 Å². The van der Waals surface area contributed by atoms with Gasteiger partial charge in [0.15, 0.2) is 0 Å². The van der Waals surface area contributed by atoms with E-state index < -0.39 is 0 Å². The van der Waals surface area contributed by atoms with E-state index in [0.29, 0.717) is 0 Å². The van der Waals surface area contributed by atoms with Gasteiger partial charge in [0.25, 0.3) is 0 Å². The number of nitrogens with one attached hydrogen (secondary N) is 1. The van der Waals surface area contributed by atoms with Gasteiger partial charge in [-0.3, -0.25) is 9.29 Å². The maximum absolute atomic E-state index is 13.7. The molecule has 0 unspecified atom stereocenters. The molecule has 0 spiro atoms. The Bertz CT molecular complexity index is 538. The Kier molecular flexibility index (Phi) is 5.42. The van der Waals surface area contributed by atoms with Crippen LogP contribution in [0.2, 0.25) is 0 Å². The number of benzene rings is 2. The molecule has 2 nitrogen and oxygen atoms in total. The summed E-state index contributed by atoms with van der Waals surface area (Å²) in [5, 5.41) is 3.33. The number of hydrogen-bond acceptors (Lipinski definition) is 2. The fraction of sp³-hybridized carbons (Fsp3) is 0.400. The van der Waals surface area contributed by atoms with E-state index >= 15 is 0 Å². The summed E-state index contributed by atoms with van der Waals surface area (Å²) in [7, 11) is 0. The number of halogens is 1. The van der Waals surface area contributed by atoms with Crippen LogP contribution < -0.4 is 5.32 Å². The first-order valence-electron chi connectivity index (χ1n) is 8.37. The van der Waals surface area contributed by atoms with E-state index in [1.54, 1.807) is 0 Å². The van der Waals surface area contributed by atoms with Crippen molar-refractivity contribution in [1.29, 1.82) is 0 Å². The standard InChI is InChI=1S/C20H25FN2/c21-15-20(11-12-22-16-20)17-23(13-18-7-3-1-4-8-18)14-19-9-5-2-6-10-19/h1-10,22H,11-17H2/t20-/m1/s1. The molecule has 0 radical (unpaired) electrons. The van der Waals surface area contributed by atoms with Gasteiger partial charge in [-0.25, -0.2) is 0 Å². The second kappa shape index (κ2) is 7.71. The van der Waals surface area contributed by atoms with E-state index in [9.17, 15) is 4.39 Å². The maximum Gasteiger partial charge on any atom is 0.0975 e. The van der Waals surface area contributed by atoms with Crippen LogP contribution in [0.25, 0.3) is 0 Å². The van der Waals surface area contributed by atoms with Crippen LogP contribution in [-0.2, 0) is 13.1 Å². The molecule has 1 saturated heterocycles. The Hall–Kier alpha value is -1.71. The van der Waals surface area contributed by atoms with Gasteiger partial charge in [0.1, 0.15) is 0 Å². The molecule has 2 aromatic rings. The van der Waals surface area contributed by atoms with E-state index in [-0.39, 0.29) is 12.1 Å². The third-order valence-electron chi connectivity index (χ3n) is 4.67. The summed E-state index contributed by atoms with van der Waals surface area (Å²) in [6, 6.07) is 20.9. The van der Waals surface area contributed by atoms with Crippen LogP contribution in [0.5, 0.6) is 0 Å². The second-order valence-electron chi connectivity index (χ2n) is 6.68. The van der Waals surface area contributed by atoms with Crippen LogP contribution in [-0.4, -0.2) is 31.2 Å². The van der Waals surface area contributed by atoms with E-state index in [1.807, 2.05) is 12.1 Å². The van der Waals surface area contributed by atoms with Crippen molar-refractivity contribution >= 4 is 0 Å². The minimum Gasteiger partial charge on any atom is -0.316 e. The largest absolute Gasteiger partial charge is 0.316 e. The Balaban J connectivity index is 1.75. The quantitative estimate of drug-likeness (QED) is 0.840. The van der Waals surface area contributed by atoms with Gasteiger partial charge < -0.3 is 5.32 Å². The first-order valence-corrected chi connectivity index (χ1v) is 8.37. The fourth-order valence-electron chi connectivity index (χ4n) is 3.41. The van der Waals surface area contributed by atoms with Crippen molar-refractivity contribution in [1.82, 2.24) is 10.2 Å². The SMILES string of the molecule is FC[C@]1(CN(Cc2ccccc2)Cc2ccccc2)CCNC1. The molecule has 1 fully saturated rings. The molecular formula is C20H25FN2. The van der Waals surface area contributed by atoms with Gasteiger partial charge in [0, 0.05) is 31.6 Å². The molecule has 1 N–H and O–H groups in total. The molecule has 2 aromatic carbocycles. The predicted molar refractivity (Wildman–Crippen MR) is 92.9 cm³/mol. The van der Waals surface area contributed by atoms with Crippen LogP contribution in [0.3, 0.4) is 0 Å². The Morgan fingerprint density at radius 1 is 0.913 bits per heavy atom. The smallest absolute Gasteiger partial charge is 0.0975 e. The Labute approximate surface area is 138 Å². The molecule has 3 heteroatoms. The van der Waals surface area contributed by atoms with Gasteiger partial charge in [0.2, 0.25) is 0 Å². The zero-order valence-electron chi connectivity index (χ0n) is 13.5. The van der Waals surface area contributed by atoms with E-state index in [2.05, 4.69) is 58.7 Å². The van der Waals surface area contributed by atoms with Crippen molar-refractivity contribution in [3.8, 4) is 0 Å². The molecule has 1 atom stereocenters. The summed E-state index contributed by atoms with van der Waals surface area (Å²) < 4.78 is 13.7. The maximum atomic E-state index is 13.7. The molecule has 1 aliphatic rings. The monoisotopic (exact) mass is 312 g/mol. The molecule has 23 heavy (non-hydrogen) atoms. The minimum atomic E-state index is -0.250. The zero-order valence-corrected chi connectivity index (χ0v) is 13.5. The zero-order chi connectivity index (χ0) is 16.0. The molecule has 0 saturated carbocycles. The topological polar surface area (TPSA) is 15.3 Å². The third-order valence-corrected chi connectivity index (χ3v) is 4.67. The lowest BCUT2D eigenvalue weighted by Crippen LogP contribution is -2.40.